The molecule has 136 valence electrons. The zero-order chi connectivity index (χ0) is 19.1. The SMILES string of the molecule is O=C(CNC(=O)c1sc2ccccc2c1Cl)N/N=C\C=C\c1ccccc1. The van der Waals surface area contributed by atoms with Crippen molar-refractivity contribution in [1.82, 2.24) is 10.7 Å². The van der Waals surface area contributed by atoms with Gasteiger partial charge in [0.25, 0.3) is 11.8 Å². The van der Waals surface area contributed by atoms with Gasteiger partial charge < -0.3 is 5.32 Å². The van der Waals surface area contributed by atoms with Crippen LogP contribution in [0.2, 0.25) is 5.02 Å². The number of carbonyl (C=O) groups is 2. The minimum absolute atomic E-state index is 0.191. The Morgan fingerprint density at radius 2 is 1.81 bits per heavy atom. The van der Waals surface area contributed by atoms with E-state index >= 15 is 0 Å². The van der Waals surface area contributed by atoms with E-state index in [4.69, 9.17) is 11.6 Å². The predicted molar refractivity (Wildman–Crippen MR) is 111 cm³/mol. The average Bonchev–Trinajstić information content (AvgIpc) is 3.04. The van der Waals surface area contributed by atoms with Gasteiger partial charge in [0.1, 0.15) is 4.88 Å². The van der Waals surface area contributed by atoms with Crippen LogP contribution in [0.15, 0.2) is 65.8 Å². The highest BCUT2D eigenvalue weighted by Crippen LogP contribution is 2.34. The zero-order valence-electron chi connectivity index (χ0n) is 14.2. The molecule has 0 bridgehead atoms. The number of nitrogens with one attached hydrogen (secondary N) is 2. The lowest BCUT2D eigenvalue weighted by Gasteiger charge is -2.02. The van der Waals surface area contributed by atoms with Crippen LogP contribution >= 0.6 is 22.9 Å². The van der Waals surface area contributed by atoms with Crippen molar-refractivity contribution >= 4 is 57.1 Å². The fourth-order valence-corrected chi connectivity index (χ4v) is 3.74. The summed E-state index contributed by atoms with van der Waals surface area (Å²) in [6.45, 7) is -0.191. The van der Waals surface area contributed by atoms with Crippen LogP contribution in [0, 0.1) is 0 Å². The van der Waals surface area contributed by atoms with Gasteiger partial charge in [0.2, 0.25) is 0 Å². The number of hydrogen-bond acceptors (Lipinski definition) is 4. The van der Waals surface area contributed by atoms with Gasteiger partial charge in [-0.1, -0.05) is 66.2 Å². The summed E-state index contributed by atoms with van der Waals surface area (Å²) in [5.74, 6) is -0.811. The fourth-order valence-electron chi connectivity index (χ4n) is 2.31. The summed E-state index contributed by atoms with van der Waals surface area (Å²) in [4.78, 5) is 24.4. The number of nitrogens with zero attached hydrogens (tertiary/aromatic N) is 1. The number of carbonyl (C=O) groups excluding carboxylic acids is 2. The van der Waals surface area contributed by atoms with Gasteiger partial charge in [0, 0.05) is 16.3 Å². The van der Waals surface area contributed by atoms with Crippen molar-refractivity contribution < 1.29 is 9.59 Å². The lowest BCUT2D eigenvalue weighted by Crippen LogP contribution is -2.34. The topological polar surface area (TPSA) is 70.6 Å². The quantitative estimate of drug-likeness (QED) is 0.485. The molecule has 0 aliphatic rings. The van der Waals surface area contributed by atoms with Gasteiger partial charge >= 0.3 is 0 Å². The van der Waals surface area contributed by atoms with Crippen LogP contribution in [0.25, 0.3) is 16.2 Å². The number of hydrogen-bond donors (Lipinski definition) is 2. The zero-order valence-corrected chi connectivity index (χ0v) is 15.8. The summed E-state index contributed by atoms with van der Waals surface area (Å²) in [5, 5.41) is 7.58. The van der Waals surface area contributed by atoms with Gasteiger partial charge in [0.05, 0.1) is 11.6 Å². The third-order valence-corrected chi connectivity index (χ3v) is 5.26. The molecule has 2 N–H and O–H groups in total. The molecule has 0 radical (unpaired) electrons. The van der Waals surface area contributed by atoms with Crippen LogP contribution in [0.1, 0.15) is 15.2 Å². The first-order valence-corrected chi connectivity index (χ1v) is 9.33. The van der Waals surface area contributed by atoms with Crippen LogP contribution in [0.5, 0.6) is 0 Å². The maximum absolute atomic E-state index is 12.3. The molecule has 0 unspecified atom stereocenters. The van der Waals surface area contributed by atoms with Gasteiger partial charge in [-0.15, -0.1) is 11.3 Å². The second kappa shape index (κ2) is 9.12. The van der Waals surface area contributed by atoms with E-state index in [1.54, 1.807) is 6.08 Å². The molecule has 0 saturated carbocycles. The molecule has 1 heterocycles. The first kappa shape index (κ1) is 18.8. The molecule has 0 spiro atoms. The Morgan fingerprint density at radius 3 is 2.59 bits per heavy atom. The molecule has 0 aliphatic heterocycles. The standard InChI is InChI=1S/C20H16ClN3O2S/c21-18-15-10-4-5-11-16(15)27-19(18)20(26)22-13-17(25)24-23-12-6-9-14-7-2-1-3-8-14/h1-12H,13H2,(H,22,26)(H,24,25)/b9-6+,23-12-. The Hall–Kier alpha value is -2.96. The Kier molecular flexibility index (Phi) is 6.35. The van der Waals surface area contributed by atoms with Crippen molar-refractivity contribution in [3.05, 3.63) is 76.1 Å². The molecule has 0 fully saturated rings. The Balaban J connectivity index is 1.48. The molecule has 0 aliphatic carbocycles. The van der Waals surface area contributed by atoms with E-state index in [9.17, 15) is 9.59 Å². The fraction of sp³-hybridized carbons (Fsp3) is 0.0500. The van der Waals surface area contributed by atoms with Crippen molar-refractivity contribution in [3.63, 3.8) is 0 Å². The maximum Gasteiger partial charge on any atom is 0.263 e. The minimum Gasteiger partial charge on any atom is -0.342 e. The van der Waals surface area contributed by atoms with Crippen LogP contribution in [-0.2, 0) is 4.79 Å². The first-order chi connectivity index (χ1) is 13.1. The number of benzene rings is 2. The molecule has 0 saturated heterocycles. The highest BCUT2D eigenvalue weighted by Gasteiger charge is 2.17. The van der Waals surface area contributed by atoms with Gasteiger partial charge in [-0.05, 0) is 17.7 Å². The van der Waals surface area contributed by atoms with E-state index in [0.29, 0.717) is 9.90 Å². The highest BCUT2D eigenvalue weighted by molar-refractivity contribution is 7.21. The molecule has 1 aromatic heterocycles. The van der Waals surface area contributed by atoms with Gasteiger partial charge in [0.15, 0.2) is 0 Å². The molecule has 3 rings (SSSR count). The second-order valence-electron chi connectivity index (χ2n) is 5.51. The summed E-state index contributed by atoms with van der Waals surface area (Å²) in [6, 6.07) is 17.2. The van der Waals surface area contributed by atoms with Crippen molar-refractivity contribution in [2.45, 2.75) is 0 Å². The molecule has 2 amide bonds. The number of thiophene rings is 1. The van der Waals surface area contributed by atoms with E-state index in [1.807, 2.05) is 60.7 Å². The van der Waals surface area contributed by atoms with Crippen molar-refractivity contribution in [2.24, 2.45) is 5.10 Å². The second-order valence-corrected chi connectivity index (χ2v) is 6.94. The summed E-state index contributed by atoms with van der Waals surface area (Å²) in [7, 11) is 0. The number of hydrazone groups is 1. The summed E-state index contributed by atoms with van der Waals surface area (Å²) in [5.41, 5.74) is 3.38. The average molecular weight is 398 g/mol. The molecular weight excluding hydrogens is 382 g/mol. The van der Waals surface area contributed by atoms with Gasteiger partial charge in [-0.3, -0.25) is 9.59 Å². The Morgan fingerprint density at radius 1 is 1.07 bits per heavy atom. The molecule has 3 aromatic rings. The van der Waals surface area contributed by atoms with Crippen molar-refractivity contribution in [1.29, 1.82) is 0 Å². The lowest BCUT2D eigenvalue weighted by atomic mass is 10.2. The Labute approximate surface area is 165 Å². The number of allylic oxidation sites excluding steroid dienone is 1. The summed E-state index contributed by atoms with van der Waals surface area (Å²) < 4.78 is 0.923. The summed E-state index contributed by atoms with van der Waals surface area (Å²) in [6.07, 6.45) is 5.04. The van der Waals surface area contributed by atoms with E-state index in [-0.39, 0.29) is 12.5 Å². The summed E-state index contributed by atoms with van der Waals surface area (Å²) >= 11 is 7.55. The smallest absolute Gasteiger partial charge is 0.263 e. The maximum atomic E-state index is 12.3. The third kappa shape index (κ3) is 5.03. The number of amides is 2. The van der Waals surface area contributed by atoms with E-state index in [0.717, 1.165) is 15.6 Å². The van der Waals surface area contributed by atoms with Crippen LogP contribution < -0.4 is 10.7 Å². The molecule has 27 heavy (non-hydrogen) atoms. The Bertz CT molecular complexity index is 1010. The molecule has 0 atom stereocenters. The molecule has 2 aromatic carbocycles. The molecule has 5 nitrogen and oxygen atoms in total. The minimum atomic E-state index is -0.426. The number of halogens is 1. The first-order valence-electron chi connectivity index (χ1n) is 8.14. The van der Waals surface area contributed by atoms with Crippen molar-refractivity contribution in [2.75, 3.05) is 6.54 Å². The lowest BCUT2D eigenvalue weighted by molar-refractivity contribution is -0.120. The number of rotatable bonds is 6. The molecular formula is C20H16ClN3O2S. The predicted octanol–water partition coefficient (Wildman–Crippen LogP) is 4.10. The van der Waals surface area contributed by atoms with Gasteiger partial charge in [-0.25, -0.2) is 5.43 Å². The largest absolute Gasteiger partial charge is 0.342 e. The van der Waals surface area contributed by atoms with E-state index in [2.05, 4.69) is 15.8 Å². The molecule has 7 heteroatoms. The normalized spacial score (nSPS) is 11.3. The third-order valence-electron chi connectivity index (χ3n) is 3.59. The van der Waals surface area contributed by atoms with Gasteiger partial charge in [-0.2, -0.15) is 5.10 Å². The monoisotopic (exact) mass is 397 g/mol. The van der Waals surface area contributed by atoms with Crippen LogP contribution in [0.3, 0.4) is 0 Å². The van der Waals surface area contributed by atoms with E-state index in [1.165, 1.54) is 17.6 Å². The van der Waals surface area contributed by atoms with Crippen molar-refractivity contribution in [3.8, 4) is 0 Å². The van der Waals surface area contributed by atoms with Crippen LogP contribution in [0.4, 0.5) is 0 Å². The van der Waals surface area contributed by atoms with Crippen LogP contribution in [-0.4, -0.2) is 24.6 Å². The number of fused-ring (bicyclic) bond motifs is 1. The van der Waals surface area contributed by atoms with E-state index < -0.39 is 5.91 Å². The highest BCUT2D eigenvalue weighted by atomic mass is 35.5.